The van der Waals surface area contributed by atoms with Crippen LogP contribution in [0.5, 0.6) is 0 Å². The Kier molecular flexibility index (Phi) is 3.38. The van der Waals surface area contributed by atoms with E-state index in [-0.39, 0.29) is 25.0 Å². The SMILES string of the molecule is C[C@@]12C(=O)N(CCCO)CC(=O)N1CCc1c2[nH]c2ccccc12. The third-order valence-corrected chi connectivity index (χ3v) is 5.34. The number of fused-ring (bicyclic) bond motifs is 5. The van der Waals surface area contributed by atoms with Gasteiger partial charge in [-0.2, -0.15) is 0 Å². The van der Waals surface area contributed by atoms with Crippen LogP contribution in [0.3, 0.4) is 0 Å². The van der Waals surface area contributed by atoms with Gasteiger partial charge in [0.25, 0.3) is 5.91 Å². The van der Waals surface area contributed by atoms with Gasteiger partial charge in [0.1, 0.15) is 0 Å². The summed E-state index contributed by atoms with van der Waals surface area (Å²) < 4.78 is 0. The fraction of sp³-hybridized carbons (Fsp3) is 0.444. The smallest absolute Gasteiger partial charge is 0.254 e. The molecule has 0 saturated carbocycles. The first-order chi connectivity index (χ1) is 11.6. The number of hydrogen-bond acceptors (Lipinski definition) is 3. The normalized spacial score (nSPS) is 23.6. The molecule has 24 heavy (non-hydrogen) atoms. The van der Waals surface area contributed by atoms with Gasteiger partial charge in [-0.25, -0.2) is 0 Å². The Morgan fingerprint density at radius 3 is 2.88 bits per heavy atom. The number of benzene rings is 1. The summed E-state index contributed by atoms with van der Waals surface area (Å²) in [4.78, 5) is 32.5. The number of para-hydroxylation sites is 1. The number of carbonyl (C=O) groups excluding carboxylic acids is 2. The summed E-state index contributed by atoms with van der Waals surface area (Å²) in [6.45, 7) is 2.91. The fourth-order valence-corrected chi connectivity index (χ4v) is 4.12. The second-order valence-electron chi connectivity index (χ2n) is 6.70. The molecule has 0 unspecified atom stereocenters. The van der Waals surface area contributed by atoms with Crippen LogP contribution >= 0.6 is 0 Å². The molecule has 2 N–H and O–H groups in total. The standard InChI is InChI=1S/C18H21N3O3/c1-18-16-13(12-5-2-3-6-14(12)19-16)7-9-21(18)15(23)11-20(17(18)24)8-4-10-22/h2-3,5-6,19,22H,4,7-11H2,1H3/t18-/m1/s1. The number of rotatable bonds is 3. The van der Waals surface area contributed by atoms with E-state index in [9.17, 15) is 9.59 Å². The summed E-state index contributed by atoms with van der Waals surface area (Å²) in [5.41, 5.74) is 1.98. The number of aliphatic hydroxyl groups excluding tert-OH is 1. The molecule has 0 spiro atoms. The number of aromatic nitrogens is 1. The van der Waals surface area contributed by atoms with Crippen LogP contribution in [0.15, 0.2) is 24.3 Å². The monoisotopic (exact) mass is 327 g/mol. The number of H-pyrrole nitrogens is 1. The van der Waals surface area contributed by atoms with Crippen molar-refractivity contribution in [2.45, 2.75) is 25.3 Å². The van der Waals surface area contributed by atoms with E-state index in [1.807, 2.05) is 25.1 Å². The topological polar surface area (TPSA) is 76.6 Å². The van der Waals surface area contributed by atoms with Crippen molar-refractivity contribution in [3.63, 3.8) is 0 Å². The maximum atomic E-state index is 13.2. The second kappa shape index (κ2) is 5.34. The molecule has 6 heteroatoms. The summed E-state index contributed by atoms with van der Waals surface area (Å²) in [5, 5.41) is 10.2. The Labute approximate surface area is 140 Å². The third-order valence-electron chi connectivity index (χ3n) is 5.34. The minimum Gasteiger partial charge on any atom is -0.396 e. The number of amides is 2. The van der Waals surface area contributed by atoms with Crippen LogP contribution in [-0.4, -0.2) is 57.9 Å². The lowest BCUT2D eigenvalue weighted by molar-refractivity contribution is -0.166. The molecule has 1 aromatic carbocycles. The van der Waals surface area contributed by atoms with Crippen molar-refractivity contribution in [1.29, 1.82) is 0 Å². The number of hydrogen-bond donors (Lipinski definition) is 2. The van der Waals surface area contributed by atoms with Gasteiger partial charge in [-0.3, -0.25) is 9.59 Å². The van der Waals surface area contributed by atoms with Gasteiger partial charge in [-0.15, -0.1) is 0 Å². The highest BCUT2D eigenvalue weighted by atomic mass is 16.3. The van der Waals surface area contributed by atoms with Crippen LogP contribution in [-0.2, 0) is 21.5 Å². The molecule has 0 bridgehead atoms. The molecule has 126 valence electrons. The number of piperazine rings is 1. The largest absolute Gasteiger partial charge is 0.396 e. The zero-order valence-electron chi connectivity index (χ0n) is 13.7. The average molecular weight is 327 g/mol. The van der Waals surface area contributed by atoms with E-state index < -0.39 is 5.54 Å². The lowest BCUT2D eigenvalue weighted by atomic mass is 9.83. The average Bonchev–Trinajstić information content (AvgIpc) is 2.97. The number of aromatic amines is 1. The van der Waals surface area contributed by atoms with E-state index in [2.05, 4.69) is 11.1 Å². The zero-order valence-corrected chi connectivity index (χ0v) is 13.7. The highest BCUT2D eigenvalue weighted by Crippen LogP contribution is 2.41. The Bertz CT molecular complexity index is 828. The molecule has 1 fully saturated rings. The summed E-state index contributed by atoms with van der Waals surface area (Å²) in [6.07, 6.45) is 1.24. The van der Waals surface area contributed by atoms with Gasteiger partial charge in [0.2, 0.25) is 5.91 Å². The van der Waals surface area contributed by atoms with Crippen LogP contribution in [0.1, 0.15) is 24.6 Å². The molecule has 4 rings (SSSR count). The van der Waals surface area contributed by atoms with E-state index in [1.165, 1.54) is 0 Å². The fourth-order valence-electron chi connectivity index (χ4n) is 4.12. The molecule has 1 atom stereocenters. The Morgan fingerprint density at radius 1 is 1.29 bits per heavy atom. The minimum atomic E-state index is -0.989. The predicted molar refractivity (Wildman–Crippen MR) is 89.4 cm³/mol. The Morgan fingerprint density at radius 2 is 2.08 bits per heavy atom. The number of nitrogens with one attached hydrogen (secondary N) is 1. The number of aliphatic hydroxyl groups is 1. The van der Waals surface area contributed by atoms with Crippen LogP contribution in [0.2, 0.25) is 0 Å². The van der Waals surface area contributed by atoms with Crippen LogP contribution in [0, 0.1) is 0 Å². The third kappa shape index (κ3) is 1.92. The summed E-state index contributed by atoms with van der Waals surface area (Å²) >= 11 is 0. The van der Waals surface area contributed by atoms with Crippen molar-refractivity contribution in [2.24, 2.45) is 0 Å². The van der Waals surface area contributed by atoms with Crippen molar-refractivity contribution in [1.82, 2.24) is 14.8 Å². The van der Waals surface area contributed by atoms with Gasteiger partial charge in [0.15, 0.2) is 5.54 Å². The first kappa shape index (κ1) is 15.2. The van der Waals surface area contributed by atoms with Crippen molar-refractivity contribution in [2.75, 3.05) is 26.2 Å². The minimum absolute atomic E-state index is 0.00996. The van der Waals surface area contributed by atoms with Gasteiger partial charge in [0.05, 0.1) is 12.2 Å². The first-order valence-electron chi connectivity index (χ1n) is 8.38. The Balaban J connectivity index is 1.85. The highest BCUT2D eigenvalue weighted by Gasteiger charge is 2.53. The van der Waals surface area contributed by atoms with Crippen molar-refractivity contribution in [3.05, 3.63) is 35.5 Å². The number of nitrogens with zero attached hydrogens (tertiary/aromatic N) is 2. The summed E-state index contributed by atoms with van der Waals surface area (Å²) in [7, 11) is 0. The van der Waals surface area contributed by atoms with Crippen LogP contribution < -0.4 is 0 Å². The Hall–Kier alpha value is -2.34. The van der Waals surface area contributed by atoms with E-state index in [1.54, 1.807) is 9.80 Å². The van der Waals surface area contributed by atoms with E-state index in [0.29, 0.717) is 19.5 Å². The lowest BCUT2D eigenvalue weighted by Crippen LogP contribution is -2.67. The van der Waals surface area contributed by atoms with Crippen molar-refractivity contribution in [3.8, 4) is 0 Å². The van der Waals surface area contributed by atoms with Gasteiger partial charge in [-0.1, -0.05) is 18.2 Å². The summed E-state index contributed by atoms with van der Waals surface area (Å²) in [5.74, 6) is -0.0950. The maximum Gasteiger partial charge on any atom is 0.254 e. The summed E-state index contributed by atoms with van der Waals surface area (Å²) in [6, 6.07) is 8.01. The maximum absolute atomic E-state index is 13.2. The molecule has 2 aromatic rings. The van der Waals surface area contributed by atoms with Crippen molar-refractivity contribution >= 4 is 22.7 Å². The first-order valence-corrected chi connectivity index (χ1v) is 8.38. The molecule has 0 radical (unpaired) electrons. The quantitative estimate of drug-likeness (QED) is 0.883. The molecule has 3 heterocycles. The van der Waals surface area contributed by atoms with Gasteiger partial charge < -0.3 is 19.9 Å². The highest BCUT2D eigenvalue weighted by molar-refractivity contribution is 6.00. The van der Waals surface area contributed by atoms with E-state index in [0.717, 1.165) is 28.6 Å². The second-order valence-corrected chi connectivity index (χ2v) is 6.70. The molecule has 1 saturated heterocycles. The zero-order chi connectivity index (χ0) is 16.9. The van der Waals surface area contributed by atoms with Gasteiger partial charge in [0, 0.05) is 30.6 Å². The van der Waals surface area contributed by atoms with Crippen molar-refractivity contribution < 1.29 is 14.7 Å². The molecule has 1 aromatic heterocycles. The molecule has 6 nitrogen and oxygen atoms in total. The molecule has 2 amide bonds. The number of carbonyl (C=O) groups is 2. The molecule has 0 aliphatic carbocycles. The molecule has 2 aliphatic heterocycles. The van der Waals surface area contributed by atoms with Crippen LogP contribution in [0.4, 0.5) is 0 Å². The predicted octanol–water partition coefficient (Wildman–Crippen LogP) is 0.992. The molecule has 2 aliphatic rings. The van der Waals surface area contributed by atoms with Crippen LogP contribution in [0.25, 0.3) is 10.9 Å². The molecular formula is C18H21N3O3. The van der Waals surface area contributed by atoms with Gasteiger partial charge in [-0.05, 0) is 31.4 Å². The van der Waals surface area contributed by atoms with Gasteiger partial charge >= 0.3 is 0 Å². The molecular weight excluding hydrogens is 306 g/mol. The van der Waals surface area contributed by atoms with E-state index in [4.69, 9.17) is 5.11 Å². The van der Waals surface area contributed by atoms with E-state index >= 15 is 0 Å². The lowest BCUT2D eigenvalue weighted by Gasteiger charge is -2.49.